The maximum atomic E-state index is 14.1. The summed E-state index contributed by atoms with van der Waals surface area (Å²) in [7, 11) is 3.26. The van der Waals surface area contributed by atoms with Crippen LogP contribution in [0.25, 0.3) is 11.1 Å². The van der Waals surface area contributed by atoms with E-state index in [0.717, 1.165) is 24.1 Å². The summed E-state index contributed by atoms with van der Waals surface area (Å²) in [6.45, 7) is 9.63. The van der Waals surface area contributed by atoms with Crippen LogP contribution >= 0.6 is 11.3 Å². The highest BCUT2D eigenvalue weighted by atomic mass is 32.1. The van der Waals surface area contributed by atoms with Gasteiger partial charge in [-0.25, -0.2) is 4.79 Å². The molecule has 2 aliphatic carbocycles. The molecule has 4 atom stereocenters. The Bertz CT molecular complexity index is 1720. The number of nitrogens with zero attached hydrogens (tertiary/aromatic N) is 2. The van der Waals surface area contributed by atoms with Gasteiger partial charge in [0.15, 0.2) is 0 Å². The number of nitrogens with one attached hydrogen (secondary N) is 2. The normalized spacial score (nSPS) is 19.3. The van der Waals surface area contributed by atoms with Crippen molar-refractivity contribution < 1.29 is 32.7 Å². The predicted octanol–water partition coefficient (Wildman–Crippen LogP) is 5.55. The molecule has 6 N–H and O–H groups in total. The van der Waals surface area contributed by atoms with E-state index in [1.54, 1.807) is 57.4 Å². The first-order valence-electron chi connectivity index (χ1n) is 16.5. The highest BCUT2D eigenvalue weighted by Crippen LogP contribution is 2.51. The van der Waals surface area contributed by atoms with Crippen molar-refractivity contribution in [2.45, 2.75) is 77.1 Å². The number of ether oxygens (including phenoxy) is 1. The number of aryl methyl sites for hydroxylation is 1. The van der Waals surface area contributed by atoms with Crippen molar-refractivity contribution in [2.24, 2.45) is 22.4 Å². The van der Waals surface area contributed by atoms with Gasteiger partial charge in [0.1, 0.15) is 17.9 Å². The lowest BCUT2D eigenvalue weighted by Gasteiger charge is -2.28. The van der Waals surface area contributed by atoms with Gasteiger partial charge >= 0.3 is 6.09 Å². The van der Waals surface area contributed by atoms with Crippen molar-refractivity contribution in [1.29, 1.82) is 0 Å². The van der Waals surface area contributed by atoms with Gasteiger partial charge in [-0.15, -0.1) is 11.3 Å². The van der Waals surface area contributed by atoms with Crippen LogP contribution in [0.1, 0.15) is 78.5 Å². The van der Waals surface area contributed by atoms with Gasteiger partial charge in [-0.2, -0.15) is 13.8 Å². The summed E-state index contributed by atoms with van der Waals surface area (Å²) in [6.07, 6.45) is 2.78. The lowest BCUT2D eigenvalue weighted by Crippen LogP contribution is -2.50. The molecule has 11 nitrogen and oxygen atoms in total. The number of carbonyl (C=O) groups excluding carboxylic acids is 4. The summed E-state index contributed by atoms with van der Waals surface area (Å²) >= 11 is 1.66. The Kier molecular flexibility index (Phi) is 14.1. The molecule has 6 rings (SSSR count). The molecule has 0 bridgehead atoms. The number of aliphatic imine (C=N–C) groups is 1. The summed E-state index contributed by atoms with van der Waals surface area (Å²) in [5.74, 6) is -2.42. The standard InChI is InChI=1S/C16H23N3O2S.C14H8F2O.C6H12N2O2.CH5N/c1-9-4-14(22-8-9)10(2)18-16(21)13-6-11-5-12(11)19(13)15(20)7-17-3;15-14(16)12-4-2-1-3-10(12)11-7-9(8-17)5-6-13(11)14;1-6(2,3)10-5(9)8-4-7;1-2/h4,8,10-13,17H,5-7H2,1-3H3,(H,18,21);1-8H;4H,1-3H3,(H2,7,8,9);2H2,1H3/t10-,11?,12?,13?;;;/m1.../s1. The van der Waals surface area contributed by atoms with E-state index in [4.69, 9.17) is 10.5 Å². The Morgan fingerprint density at radius 3 is 2.35 bits per heavy atom. The van der Waals surface area contributed by atoms with E-state index in [1.165, 1.54) is 36.9 Å². The van der Waals surface area contributed by atoms with E-state index in [9.17, 15) is 28.0 Å². The molecule has 1 saturated carbocycles. The average molecular weight is 727 g/mol. The number of alkyl halides is 2. The van der Waals surface area contributed by atoms with Crippen LogP contribution in [-0.4, -0.2) is 73.8 Å². The van der Waals surface area contributed by atoms with E-state index in [2.05, 4.69) is 39.7 Å². The average Bonchev–Trinajstić information content (AvgIpc) is 3.41. The second-order valence-electron chi connectivity index (χ2n) is 13.2. The van der Waals surface area contributed by atoms with E-state index in [1.807, 2.05) is 11.8 Å². The first-order valence-corrected chi connectivity index (χ1v) is 17.4. The molecule has 2 fully saturated rings. The number of benzene rings is 2. The number of nitrogens with two attached hydrogens (primary N) is 2. The molecule has 1 saturated heterocycles. The van der Waals surface area contributed by atoms with Crippen molar-refractivity contribution in [3.05, 3.63) is 81.0 Å². The number of aldehydes is 1. The quantitative estimate of drug-likeness (QED) is 0.146. The number of fused-ring (bicyclic) bond motifs is 4. The first kappa shape index (κ1) is 40.9. The van der Waals surface area contributed by atoms with Crippen molar-refractivity contribution in [2.75, 3.05) is 20.6 Å². The SMILES string of the molecule is CC(C)(C)OC(=O)/N=C/N.CN.CNCC(=O)N1C(C(=O)N[C@H](C)c2cc(C)cs2)CC2CC21.O=Cc1ccc2c(c1)-c1ccccc1C2(F)F. The van der Waals surface area contributed by atoms with Gasteiger partial charge in [-0.05, 0) is 102 Å². The summed E-state index contributed by atoms with van der Waals surface area (Å²) in [5, 5.41) is 8.06. The predicted molar refractivity (Wildman–Crippen MR) is 196 cm³/mol. The smallest absolute Gasteiger partial charge is 0.435 e. The highest BCUT2D eigenvalue weighted by Gasteiger charge is 2.55. The van der Waals surface area contributed by atoms with Crippen molar-refractivity contribution in [3.63, 3.8) is 0 Å². The van der Waals surface area contributed by atoms with Gasteiger partial charge in [0.05, 0.1) is 18.9 Å². The molecule has 3 amide bonds. The van der Waals surface area contributed by atoms with Crippen LogP contribution in [0.4, 0.5) is 13.6 Å². The molecule has 14 heteroatoms. The lowest BCUT2D eigenvalue weighted by molar-refractivity contribution is -0.139. The third-order valence-corrected chi connectivity index (χ3v) is 9.44. The third-order valence-electron chi connectivity index (χ3n) is 8.21. The van der Waals surface area contributed by atoms with Gasteiger partial charge < -0.3 is 31.7 Å². The molecular formula is C37H48F2N6O5S. The van der Waals surface area contributed by atoms with Gasteiger partial charge in [-0.1, -0.05) is 36.4 Å². The summed E-state index contributed by atoms with van der Waals surface area (Å²) in [4.78, 5) is 52.3. The number of likely N-dealkylation sites (tertiary alicyclic amines) is 1. The molecule has 1 aromatic heterocycles. The van der Waals surface area contributed by atoms with Gasteiger partial charge in [0.25, 0.3) is 5.92 Å². The minimum Gasteiger partial charge on any atom is -0.442 e. The second-order valence-corrected chi connectivity index (χ2v) is 14.1. The molecule has 3 aromatic rings. The van der Waals surface area contributed by atoms with Crippen LogP contribution in [0.5, 0.6) is 0 Å². The van der Waals surface area contributed by atoms with E-state index in [0.29, 0.717) is 35.4 Å². The molecular weight excluding hydrogens is 679 g/mol. The Morgan fingerprint density at radius 2 is 1.76 bits per heavy atom. The lowest BCUT2D eigenvalue weighted by atomic mass is 10.0. The Morgan fingerprint density at radius 1 is 1.10 bits per heavy atom. The van der Waals surface area contributed by atoms with Crippen LogP contribution in [0.15, 0.2) is 58.9 Å². The molecule has 0 radical (unpaired) electrons. The van der Waals surface area contributed by atoms with Crippen LogP contribution in [0, 0.1) is 12.8 Å². The fraction of sp³-hybridized carbons (Fsp3) is 0.432. The molecule has 1 aliphatic heterocycles. The number of thiophene rings is 1. The number of rotatable bonds is 6. The Labute approximate surface area is 301 Å². The third kappa shape index (κ3) is 10.3. The van der Waals surface area contributed by atoms with Crippen molar-refractivity contribution in [3.8, 4) is 11.1 Å². The summed E-state index contributed by atoms with van der Waals surface area (Å²) in [5.41, 5.74) is 11.4. The van der Waals surface area contributed by atoms with E-state index >= 15 is 0 Å². The molecule has 51 heavy (non-hydrogen) atoms. The fourth-order valence-electron chi connectivity index (χ4n) is 5.97. The first-order chi connectivity index (χ1) is 24.1. The Hall–Kier alpha value is -4.53. The Balaban J connectivity index is 0.000000215. The topological polar surface area (TPSA) is 169 Å². The van der Waals surface area contributed by atoms with E-state index in [-0.39, 0.29) is 41.1 Å². The fourth-order valence-corrected chi connectivity index (χ4v) is 6.88. The zero-order chi connectivity index (χ0) is 38.1. The van der Waals surface area contributed by atoms with Crippen molar-refractivity contribution >= 4 is 41.9 Å². The number of halogens is 2. The maximum absolute atomic E-state index is 14.1. The summed E-state index contributed by atoms with van der Waals surface area (Å²) in [6, 6.07) is 12.8. The number of piperidine rings is 1. The van der Waals surface area contributed by atoms with Crippen LogP contribution in [0.2, 0.25) is 0 Å². The molecule has 3 unspecified atom stereocenters. The monoisotopic (exact) mass is 726 g/mol. The van der Waals surface area contributed by atoms with Crippen LogP contribution < -0.4 is 22.1 Å². The van der Waals surface area contributed by atoms with Gasteiger partial charge in [0, 0.05) is 27.6 Å². The van der Waals surface area contributed by atoms with E-state index < -0.39 is 17.6 Å². The highest BCUT2D eigenvalue weighted by molar-refractivity contribution is 7.10. The van der Waals surface area contributed by atoms with Gasteiger partial charge in [0.2, 0.25) is 11.8 Å². The zero-order valence-corrected chi connectivity index (χ0v) is 30.9. The number of hydrogen-bond acceptors (Lipinski definition) is 8. The minimum atomic E-state index is -2.96. The second kappa shape index (κ2) is 17.6. The van der Waals surface area contributed by atoms with Crippen LogP contribution in [0.3, 0.4) is 0 Å². The zero-order valence-electron chi connectivity index (χ0n) is 30.0. The molecule has 276 valence electrons. The van der Waals surface area contributed by atoms with Gasteiger partial charge in [-0.3, -0.25) is 14.4 Å². The maximum Gasteiger partial charge on any atom is 0.435 e. The summed E-state index contributed by atoms with van der Waals surface area (Å²) < 4.78 is 32.9. The molecule has 2 aromatic carbocycles. The number of carbonyl (C=O) groups is 4. The molecule has 0 spiro atoms. The molecule has 3 aliphatic rings. The number of hydrogen-bond donors (Lipinski definition) is 4. The molecule has 2 heterocycles. The number of amides is 3. The number of likely N-dealkylation sites (N-methyl/N-ethyl adjacent to an activating group) is 1. The largest absolute Gasteiger partial charge is 0.442 e. The van der Waals surface area contributed by atoms with Crippen molar-refractivity contribution in [1.82, 2.24) is 15.5 Å². The van der Waals surface area contributed by atoms with Crippen LogP contribution in [-0.2, 0) is 20.2 Å². The minimum absolute atomic E-state index is 0.00983.